The van der Waals surface area contributed by atoms with Crippen LogP contribution >= 0.6 is 22.9 Å². The van der Waals surface area contributed by atoms with E-state index in [2.05, 4.69) is 4.98 Å². The fourth-order valence-electron chi connectivity index (χ4n) is 3.40. The van der Waals surface area contributed by atoms with Gasteiger partial charge in [0, 0.05) is 37.1 Å². The highest BCUT2D eigenvalue weighted by molar-refractivity contribution is 7.89. The Labute approximate surface area is 193 Å². The molecule has 2 aromatic carbocycles. The van der Waals surface area contributed by atoms with Crippen molar-refractivity contribution in [2.24, 2.45) is 0 Å². The molecule has 0 atom stereocenters. The van der Waals surface area contributed by atoms with Gasteiger partial charge in [0.05, 0.1) is 16.3 Å². The SMILES string of the molecule is Cc1ccc(-c2csc(N3CCN(S(=O)(=O)c4cc(C(F)(F)F)ccc4Cl)CC3)n2)cc1. The Kier molecular flexibility index (Phi) is 6.23. The summed E-state index contributed by atoms with van der Waals surface area (Å²) in [6.07, 6.45) is -4.66. The van der Waals surface area contributed by atoms with E-state index in [1.807, 2.05) is 41.5 Å². The molecule has 1 saturated heterocycles. The lowest BCUT2D eigenvalue weighted by Gasteiger charge is -2.34. The van der Waals surface area contributed by atoms with E-state index in [0.29, 0.717) is 19.2 Å². The van der Waals surface area contributed by atoms with Gasteiger partial charge in [0.1, 0.15) is 4.90 Å². The van der Waals surface area contributed by atoms with E-state index >= 15 is 0 Å². The molecule has 0 amide bonds. The van der Waals surface area contributed by atoms with Gasteiger partial charge in [-0.2, -0.15) is 17.5 Å². The first-order chi connectivity index (χ1) is 15.1. The van der Waals surface area contributed by atoms with Crippen LogP contribution in [-0.2, 0) is 16.2 Å². The first-order valence-electron chi connectivity index (χ1n) is 9.70. The van der Waals surface area contributed by atoms with Gasteiger partial charge in [0.15, 0.2) is 5.13 Å². The molecule has 3 aromatic rings. The molecule has 0 unspecified atom stereocenters. The van der Waals surface area contributed by atoms with Crippen molar-refractivity contribution >= 4 is 38.1 Å². The molecule has 170 valence electrons. The molecule has 0 N–H and O–H groups in total. The van der Waals surface area contributed by atoms with Crippen LogP contribution in [0.1, 0.15) is 11.1 Å². The van der Waals surface area contributed by atoms with Crippen molar-refractivity contribution in [2.75, 3.05) is 31.1 Å². The summed E-state index contributed by atoms with van der Waals surface area (Å²) in [6, 6.07) is 10.4. The zero-order valence-electron chi connectivity index (χ0n) is 16.9. The molecule has 2 heterocycles. The lowest BCUT2D eigenvalue weighted by molar-refractivity contribution is -0.137. The maximum atomic E-state index is 13.0. The summed E-state index contributed by atoms with van der Waals surface area (Å²) in [7, 11) is -4.17. The molecule has 0 radical (unpaired) electrons. The van der Waals surface area contributed by atoms with Gasteiger partial charge in [-0.25, -0.2) is 13.4 Å². The monoisotopic (exact) mass is 501 g/mol. The fraction of sp³-hybridized carbons (Fsp3) is 0.286. The van der Waals surface area contributed by atoms with Crippen molar-refractivity contribution in [3.8, 4) is 11.3 Å². The van der Waals surface area contributed by atoms with Gasteiger partial charge < -0.3 is 4.90 Å². The van der Waals surface area contributed by atoms with Crippen LogP contribution < -0.4 is 4.90 Å². The van der Waals surface area contributed by atoms with Crippen molar-refractivity contribution < 1.29 is 21.6 Å². The predicted molar refractivity (Wildman–Crippen MR) is 120 cm³/mol. The maximum absolute atomic E-state index is 13.0. The molecular weight excluding hydrogens is 483 g/mol. The molecule has 1 fully saturated rings. The average molecular weight is 502 g/mol. The molecule has 0 spiro atoms. The number of aryl methyl sites for hydroxylation is 1. The number of piperazine rings is 1. The van der Waals surface area contributed by atoms with Gasteiger partial charge in [-0.15, -0.1) is 11.3 Å². The van der Waals surface area contributed by atoms with Crippen LogP contribution in [0.15, 0.2) is 52.7 Å². The summed E-state index contributed by atoms with van der Waals surface area (Å²) in [5.74, 6) is 0. The van der Waals surface area contributed by atoms with Crippen molar-refractivity contribution in [2.45, 2.75) is 18.0 Å². The third kappa shape index (κ3) is 4.63. The Morgan fingerprint density at radius 2 is 1.69 bits per heavy atom. The van der Waals surface area contributed by atoms with Gasteiger partial charge in [0.2, 0.25) is 10.0 Å². The van der Waals surface area contributed by atoms with Crippen LogP contribution in [0.2, 0.25) is 5.02 Å². The summed E-state index contributed by atoms with van der Waals surface area (Å²) >= 11 is 7.42. The maximum Gasteiger partial charge on any atom is 0.416 e. The van der Waals surface area contributed by atoms with E-state index in [1.165, 1.54) is 15.6 Å². The molecule has 0 bridgehead atoms. The number of halogens is 4. The first-order valence-corrected chi connectivity index (χ1v) is 12.4. The standard InChI is InChI=1S/C21H19ClF3N3O2S2/c1-14-2-4-15(5-3-14)18-13-31-20(26-18)27-8-10-28(11-9-27)32(29,30)19-12-16(21(23,24)25)6-7-17(19)22/h2-7,12-13H,8-11H2,1H3. The van der Waals surface area contributed by atoms with Gasteiger partial charge in [0.25, 0.3) is 0 Å². The second-order valence-electron chi connectivity index (χ2n) is 7.42. The molecule has 32 heavy (non-hydrogen) atoms. The number of hydrogen-bond donors (Lipinski definition) is 0. The molecule has 1 aliphatic rings. The number of benzene rings is 2. The topological polar surface area (TPSA) is 53.5 Å². The highest BCUT2D eigenvalue weighted by Crippen LogP contribution is 2.35. The van der Waals surface area contributed by atoms with Crippen LogP contribution in [0, 0.1) is 6.92 Å². The van der Waals surface area contributed by atoms with Crippen molar-refractivity contribution in [1.29, 1.82) is 0 Å². The van der Waals surface area contributed by atoms with Crippen molar-refractivity contribution in [3.05, 3.63) is 64.0 Å². The number of anilines is 1. The predicted octanol–water partition coefficient (Wildman–Crippen LogP) is 5.30. The minimum Gasteiger partial charge on any atom is -0.345 e. The van der Waals surface area contributed by atoms with Gasteiger partial charge in [-0.3, -0.25) is 0 Å². The number of nitrogens with zero attached hydrogens (tertiary/aromatic N) is 3. The summed E-state index contributed by atoms with van der Waals surface area (Å²) in [5.41, 5.74) is 1.95. The van der Waals surface area contributed by atoms with E-state index < -0.39 is 26.7 Å². The number of rotatable bonds is 4. The van der Waals surface area contributed by atoms with Crippen LogP contribution in [0.5, 0.6) is 0 Å². The Morgan fingerprint density at radius 1 is 1.03 bits per heavy atom. The Morgan fingerprint density at radius 3 is 2.31 bits per heavy atom. The third-order valence-electron chi connectivity index (χ3n) is 5.22. The van der Waals surface area contributed by atoms with E-state index in [0.717, 1.165) is 34.1 Å². The van der Waals surface area contributed by atoms with Crippen LogP contribution in [0.4, 0.5) is 18.3 Å². The molecule has 11 heteroatoms. The zero-order chi connectivity index (χ0) is 23.1. The smallest absolute Gasteiger partial charge is 0.345 e. The highest BCUT2D eigenvalue weighted by Gasteiger charge is 2.35. The molecule has 4 rings (SSSR count). The van der Waals surface area contributed by atoms with E-state index in [9.17, 15) is 21.6 Å². The van der Waals surface area contributed by atoms with E-state index in [1.54, 1.807) is 0 Å². The van der Waals surface area contributed by atoms with Crippen LogP contribution in [0.25, 0.3) is 11.3 Å². The second-order valence-corrected chi connectivity index (χ2v) is 10.6. The normalized spacial score (nSPS) is 15.8. The second kappa shape index (κ2) is 8.66. The van der Waals surface area contributed by atoms with Gasteiger partial charge >= 0.3 is 6.18 Å². The summed E-state index contributed by atoms with van der Waals surface area (Å²) < 4.78 is 66.3. The molecule has 0 saturated carbocycles. The fourth-order valence-corrected chi connectivity index (χ4v) is 6.21. The van der Waals surface area contributed by atoms with Gasteiger partial charge in [-0.05, 0) is 25.1 Å². The van der Waals surface area contributed by atoms with Crippen LogP contribution in [-0.4, -0.2) is 43.9 Å². The zero-order valence-corrected chi connectivity index (χ0v) is 19.3. The van der Waals surface area contributed by atoms with Gasteiger partial charge in [-0.1, -0.05) is 41.4 Å². The average Bonchev–Trinajstić information content (AvgIpc) is 3.24. The Bertz CT molecular complexity index is 1220. The Balaban J connectivity index is 1.49. The third-order valence-corrected chi connectivity index (χ3v) is 8.51. The summed E-state index contributed by atoms with van der Waals surface area (Å²) in [6.45, 7) is 2.99. The summed E-state index contributed by atoms with van der Waals surface area (Å²) in [4.78, 5) is 6.11. The van der Waals surface area contributed by atoms with E-state index in [-0.39, 0.29) is 18.1 Å². The number of aromatic nitrogens is 1. The van der Waals surface area contributed by atoms with E-state index in [4.69, 9.17) is 11.6 Å². The first kappa shape index (κ1) is 23.0. The molecular formula is C21H19ClF3N3O2S2. The number of hydrogen-bond acceptors (Lipinski definition) is 5. The summed E-state index contributed by atoms with van der Waals surface area (Å²) in [5, 5.41) is 2.49. The molecule has 0 aliphatic carbocycles. The Hall–Kier alpha value is -2.14. The number of sulfonamides is 1. The minimum atomic E-state index is -4.66. The molecule has 5 nitrogen and oxygen atoms in total. The minimum absolute atomic E-state index is 0.119. The largest absolute Gasteiger partial charge is 0.416 e. The molecule has 1 aliphatic heterocycles. The lowest BCUT2D eigenvalue weighted by Crippen LogP contribution is -2.48. The lowest BCUT2D eigenvalue weighted by atomic mass is 10.1. The number of thiazole rings is 1. The number of alkyl halides is 3. The van der Waals surface area contributed by atoms with Crippen LogP contribution in [0.3, 0.4) is 0 Å². The molecule has 1 aromatic heterocycles. The highest BCUT2D eigenvalue weighted by atomic mass is 35.5. The van der Waals surface area contributed by atoms with Crippen molar-refractivity contribution in [3.63, 3.8) is 0 Å². The van der Waals surface area contributed by atoms with Crippen molar-refractivity contribution in [1.82, 2.24) is 9.29 Å². The quantitative estimate of drug-likeness (QED) is 0.486.